The van der Waals surface area contributed by atoms with Crippen LogP contribution in [-0.4, -0.2) is 18.5 Å². The molecule has 132 valence electrons. The number of amides is 1. The molecule has 0 saturated heterocycles. The van der Waals surface area contributed by atoms with E-state index in [1.807, 2.05) is 24.3 Å². The first kappa shape index (κ1) is 18.6. The highest BCUT2D eigenvalue weighted by Gasteiger charge is 2.11. The van der Waals surface area contributed by atoms with Crippen LogP contribution in [0.3, 0.4) is 0 Å². The van der Waals surface area contributed by atoms with Crippen molar-refractivity contribution in [1.29, 1.82) is 0 Å². The topological polar surface area (TPSA) is 55.4 Å². The van der Waals surface area contributed by atoms with E-state index in [0.29, 0.717) is 11.6 Å². The Morgan fingerprint density at radius 2 is 1.80 bits per heavy atom. The van der Waals surface area contributed by atoms with Gasteiger partial charge in [-0.2, -0.15) is 0 Å². The molecular weight excluding hydrogens is 321 g/mol. The third-order valence-electron chi connectivity index (χ3n) is 4.03. The summed E-state index contributed by atoms with van der Waals surface area (Å²) >= 11 is 0. The summed E-state index contributed by atoms with van der Waals surface area (Å²) in [5.41, 5.74) is 2.09. The van der Waals surface area contributed by atoms with Crippen molar-refractivity contribution in [3.8, 4) is 0 Å². The molecule has 0 unspecified atom stereocenters. The minimum absolute atomic E-state index is 0.205. The summed E-state index contributed by atoms with van der Waals surface area (Å²) in [6.45, 7) is 3.86. The van der Waals surface area contributed by atoms with Crippen LogP contribution in [0.25, 0.3) is 0 Å². The lowest BCUT2D eigenvalue weighted by Gasteiger charge is -2.11. The van der Waals surface area contributed by atoms with Gasteiger partial charge in [0, 0.05) is 5.69 Å². The van der Waals surface area contributed by atoms with Crippen molar-refractivity contribution in [2.45, 2.75) is 32.6 Å². The molecule has 0 aliphatic carbocycles. The maximum atomic E-state index is 13.5. The van der Waals surface area contributed by atoms with Crippen LogP contribution in [0, 0.1) is 5.82 Å². The lowest BCUT2D eigenvalue weighted by molar-refractivity contribution is -0.146. The Kier molecular flexibility index (Phi) is 6.69. The third kappa shape index (κ3) is 5.71. The average Bonchev–Trinajstić information content (AvgIpc) is 2.62. The van der Waals surface area contributed by atoms with Crippen LogP contribution in [-0.2, 0) is 20.7 Å². The molecule has 0 fully saturated rings. The van der Waals surface area contributed by atoms with Crippen LogP contribution < -0.4 is 5.32 Å². The van der Waals surface area contributed by atoms with Crippen molar-refractivity contribution in [1.82, 2.24) is 0 Å². The van der Waals surface area contributed by atoms with Gasteiger partial charge in [-0.05, 0) is 41.7 Å². The van der Waals surface area contributed by atoms with Gasteiger partial charge in [0.25, 0.3) is 5.91 Å². The molecule has 0 spiro atoms. The molecule has 2 aromatic carbocycles. The Labute approximate surface area is 147 Å². The van der Waals surface area contributed by atoms with Crippen LogP contribution >= 0.6 is 0 Å². The van der Waals surface area contributed by atoms with Gasteiger partial charge in [-0.25, -0.2) is 4.39 Å². The van der Waals surface area contributed by atoms with Crippen molar-refractivity contribution in [3.05, 3.63) is 65.5 Å². The second-order valence-corrected chi connectivity index (χ2v) is 5.91. The highest BCUT2D eigenvalue weighted by atomic mass is 19.1. The highest BCUT2D eigenvalue weighted by molar-refractivity contribution is 5.92. The first-order valence-corrected chi connectivity index (χ1v) is 8.28. The van der Waals surface area contributed by atoms with E-state index in [0.717, 1.165) is 6.42 Å². The first-order valence-electron chi connectivity index (χ1n) is 8.28. The standard InChI is InChI=1S/C20H22FNO3/c1-3-14(2)15-8-10-17(11-9-15)22-19(23)13-25-20(24)12-16-6-4-5-7-18(16)21/h4-11,14H,3,12-13H2,1-2H3,(H,22,23)/t14-/m1/s1. The number of rotatable bonds is 7. The lowest BCUT2D eigenvalue weighted by atomic mass is 9.99. The van der Waals surface area contributed by atoms with Gasteiger partial charge in [0.05, 0.1) is 6.42 Å². The molecule has 0 aliphatic rings. The number of hydrogen-bond acceptors (Lipinski definition) is 3. The Hall–Kier alpha value is -2.69. The van der Waals surface area contributed by atoms with Crippen molar-refractivity contribution in [3.63, 3.8) is 0 Å². The predicted molar refractivity (Wildman–Crippen MR) is 94.8 cm³/mol. The fourth-order valence-electron chi connectivity index (χ4n) is 2.32. The first-order chi connectivity index (χ1) is 12.0. The molecule has 0 aromatic heterocycles. The van der Waals surface area contributed by atoms with Gasteiger partial charge in [-0.1, -0.05) is 44.2 Å². The van der Waals surface area contributed by atoms with E-state index in [2.05, 4.69) is 19.2 Å². The number of hydrogen-bond donors (Lipinski definition) is 1. The molecule has 1 amide bonds. The molecular formula is C20H22FNO3. The van der Waals surface area contributed by atoms with Crippen molar-refractivity contribution in [2.75, 3.05) is 11.9 Å². The molecule has 0 bridgehead atoms. The smallest absolute Gasteiger partial charge is 0.310 e. The van der Waals surface area contributed by atoms with Crippen molar-refractivity contribution >= 4 is 17.6 Å². The zero-order chi connectivity index (χ0) is 18.2. The van der Waals surface area contributed by atoms with Crippen LogP contribution in [0.5, 0.6) is 0 Å². The van der Waals surface area contributed by atoms with Crippen molar-refractivity contribution in [2.24, 2.45) is 0 Å². The Morgan fingerprint density at radius 1 is 1.12 bits per heavy atom. The second-order valence-electron chi connectivity index (χ2n) is 5.91. The van der Waals surface area contributed by atoms with Crippen LogP contribution in [0.4, 0.5) is 10.1 Å². The third-order valence-corrected chi connectivity index (χ3v) is 4.03. The minimum Gasteiger partial charge on any atom is -0.455 e. The van der Waals surface area contributed by atoms with E-state index >= 15 is 0 Å². The van der Waals surface area contributed by atoms with E-state index in [1.54, 1.807) is 12.1 Å². The molecule has 5 heteroatoms. The molecule has 0 radical (unpaired) electrons. The second kappa shape index (κ2) is 8.97. The number of halogens is 1. The molecule has 0 saturated carbocycles. The number of ether oxygens (including phenoxy) is 1. The molecule has 4 nitrogen and oxygen atoms in total. The molecule has 1 N–H and O–H groups in total. The highest BCUT2D eigenvalue weighted by Crippen LogP contribution is 2.20. The monoisotopic (exact) mass is 343 g/mol. The Bertz CT molecular complexity index is 728. The van der Waals surface area contributed by atoms with Gasteiger partial charge in [-0.3, -0.25) is 9.59 Å². The van der Waals surface area contributed by atoms with E-state index < -0.39 is 24.3 Å². The summed E-state index contributed by atoms with van der Waals surface area (Å²) in [4.78, 5) is 23.6. The predicted octanol–water partition coefficient (Wildman–Crippen LogP) is 4.06. The number of carbonyl (C=O) groups is 2. The summed E-state index contributed by atoms with van der Waals surface area (Å²) in [7, 11) is 0. The summed E-state index contributed by atoms with van der Waals surface area (Å²) < 4.78 is 18.4. The number of benzene rings is 2. The van der Waals surface area contributed by atoms with Crippen molar-refractivity contribution < 1.29 is 18.7 Å². The lowest BCUT2D eigenvalue weighted by Crippen LogP contribution is -2.21. The summed E-state index contributed by atoms with van der Waals surface area (Å²) in [5, 5.41) is 2.67. The van der Waals surface area contributed by atoms with Gasteiger partial charge < -0.3 is 10.1 Å². The van der Waals surface area contributed by atoms with Gasteiger partial charge >= 0.3 is 5.97 Å². The summed E-state index contributed by atoms with van der Waals surface area (Å²) in [6.07, 6.45) is 0.840. The quantitative estimate of drug-likeness (QED) is 0.771. The van der Waals surface area contributed by atoms with E-state index in [-0.39, 0.29) is 12.0 Å². The fourth-order valence-corrected chi connectivity index (χ4v) is 2.32. The number of carbonyl (C=O) groups excluding carboxylic acids is 2. The normalized spacial score (nSPS) is 11.6. The van der Waals surface area contributed by atoms with E-state index in [9.17, 15) is 14.0 Å². The zero-order valence-electron chi connectivity index (χ0n) is 14.4. The van der Waals surface area contributed by atoms with Crippen LogP contribution in [0.15, 0.2) is 48.5 Å². The van der Waals surface area contributed by atoms with Crippen LogP contribution in [0.2, 0.25) is 0 Å². The largest absolute Gasteiger partial charge is 0.455 e. The zero-order valence-corrected chi connectivity index (χ0v) is 14.4. The SMILES string of the molecule is CC[C@@H](C)c1ccc(NC(=O)COC(=O)Cc2ccccc2F)cc1. The number of anilines is 1. The van der Waals surface area contributed by atoms with Gasteiger partial charge in [0.2, 0.25) is 0 Å². The molecule has 0 aliphatic heterocycles. The van der Waals surface area contributed by atoms with Gasteiger partial charge in [-0.15, -0.1) is 0 Å². The summed E-state index contributed by atoms with van der Waals surface area (Å²) in [6, 6.07) is 13.5. The molecule has 2 aromatic rings. The van der Waals surface area contributed by atoms with Gasteiger partial charge in [0.15, 0.2) is 6.61 Å². The van der Waals surface area contributed by atoms with Gasteiger partial charge in [0.1, 0.15) is 5.82 Å². The minimum atomic E-state index is -0.646. The summed E-state index contributed by atoms with van der Waals surface area (Å²) in [5.74, 6) is -1.08. The van der Waals surface area contributed by atoms with E-state index in [1.165, 1.54) is 17.7 Å². The van der Waals surface area contributed by atoms with E-state index in [4.69, 9.17) is 4.74 Å². The molecule has 25 heavy (non-hydrogen) atoms. The molecule has 2 rings (SSSR count). The Morgan fingerprint density at radius 3 is 2.44 bits per heavy atom. The maximum Gasteiger partial charge on any atom is 0.310 e. The fraction of sp³-hybridized carbons (Fsp3) is 0.300. The maximum absolute atomic E-state index is 13.5. The average molecular weight is 343 g/mol. The molecule has 1 atom stereocenters. The Balaban J connectivity index is 1.80. The number of nitrogens with one attached hydrogen (secondary N) is 1. The molecule has 0 heterocycles. The number of esters is 1. The van der Waals surface area contributed by atoms with Crippen LogP contribution in [0.1, 0.15) is 37.3 Å².